The number of rotatable bonds is 11. The van der Waals surface area contributed by atoms with Crippen molar-refractivity contribution >= 4 is 46.5 Å². The molecule has 0 fully saturated rings. The van der Waals surface area contributed by atoms with E-state index in [1.807, 2.05) is 0 Å². The first kappa shape index (κ1) is 43.3. The van der Waals surface area contributed by atoms with E-state index in [1.165, 1.54) is 6.92 Å². The lowest BCUT2D eigenvalue weighted by Gasteiger charge is -2.12. The first-order chi connectivity index (χ1) is 22.9. The van der Waals surface area contributed by atoms with E-state index in [4.69, 9.17) is 48.0 Å². The Labute approximate surface area is 287 Å². The number of aliphatic carboxylic acids is 1. The van der Waals surface area contributed by atoms with Gasteiger partial charge in [0, 0.05) is 12.1 Å². The summed E-state index contributed by atoms with van der Waals surface area (Å²) >= 11 is 11.5. The summed E-state index contributed by atoms with van der Waals surface area (Å²) in [6.07, 6.45) is -11.3. The highest BCUT2D eigenvalue weighted by Gasteiger charge is 2.40. The molecule has 0 aromatic heterocycles. The van der Waals surface area contributed by atoms with E-state index in [0.29, 0.717) is 0 Å². The molecule has 12 nitrogen and oxygen atoms in total. The molecule has 0 saturated carbocycles. The predicted octanol–water partition coefficient (Wildman–Crippen LogP) is 10.0. The third-order valence-electron chi connectivity index (χ3n) is 4.90. The van der Waals surface area contributed by atoms with E-state index in [1.54, 1.807) is 27.7 Å². The molecule has 276 valence electrons. The highest BCUT2D eigenvalue weighted by Crippen LogP contribution is 2.35. The highest BCUT2D eigenvalue weighted by molar-refractivity contribution is 6.32. The molecule has 2 aromatic carbocycles. The lowest BCUT2D eigenvalue weighted by atomic mass is 10.3. The molecule has 0 amide bonds. The van der Waals surface area contributed by atoms with Crippen molar-refractivity contribution in [2.45, 2.75) is 59.2 Å². The van der Waals surface area contributed by atoms with Crippen LogP contribution in [0.15, 0.2) is 67.6 Å². The Morgan fingerprint density at radius 1 is 0.720 bits per heavy atom. The zero-order valence-electron chi connectivity index (χ0n) is 26.1. The van der Waals surface area contributed by atoms with Crippen molar-refractivity contribution < 1.29 is 74.2 Å². The Hall–Kier alpha value is -4.72. The highest BCUT2D eigenvalue weighted by atomic mass is 35.5. The number of hydrogen-bond acceptors (Lipinski definition) is 11. The van der Waals surface area contributed by atoms with E-state index < -0.39 is 70.2 Å². The average molecular weight is 769 g/mol. The molecule has 50 heavy (non-hydrogen) atoms. The van der Waals surface area contributed by atoms with E-state index in [2.05, 4.69) is 25.2 Å². The molecule has 0 unspecified atom stereocenters. The molecule has 0 spiro atoms. The molecule has 2 rings (SSSR count). The number of azo groups is 2. The van der Waals surface area contributed by atoms with Crippen LogP contribution < -0.4 is 9.47 Å². The third-order valence-corrected chi connectivity index (χ3v) is 5.49. The molecule has 0 heterocycles. The van der Waals surface area contributed by atoms with Crippen LogP contribution in [-0.2, 0) is 14.3 Å². The summed E-state index contributed by atoms with van der Waals surface area (Å²) in [4.78, 5) is 22.3. The van der Waals surface area contributed by atoms with Gasteiger partial charge >= 0.3 is 24.3 Å². The maximum absolute atomic E-state index is 13.9. The number of halogens is 10. The van der Waals surface area contributed by atoms with Gasteiger partial charge in [-0.1, -0.05) is 23.2 Å². The van der Waals surface area contributed by atoms with E-state index in [-0.39, 0.29) is 40.4 Å². The first-order valence-corrected chi connectivity index (χ1v) is 14.2. The Balaban J connectivity index is 0.000000502. The fourth-order valence-electron chi connectivity index (χ4n) is 2.93. The maximum atomic E-state index is 13.9. The molecule has 0 aliphatic rings. The number of carboxylic acid groups (broad SMARTS) is 1. The van der Waals surface area contributed by atoms with Crippen molar-refractivity contribution in [1.29, 1.82) is 0 Å². The minimum Gasteiger partial charge on any atom is -0.502 e. The second-order valence-electron chi connectivity index (χ2n) is 9.62. The van der Waals surface area contributed by atoms with Gasteiger partial charge in [-0.25, -0.2) is 18.4 Å². The number of aliphatic hydroxyl groups is 2. The van der Waals surface area contributed by atoms with Gasteiger partial charge in [-0.05, 0) is 46.8 Å². The van der Waals surface area contributed by atoms with Crippen LogP contribution in [0.3, 0.4) is 0 Å². The average Bonchev–Trinajstić information content (AvgIpc) is 2.96. The molecular weight excluding hydrogens is 743 g/mol. The predicted molar refractivity (Wildman–Crippen MR) is 159 cm³/mol. The number of carbonyl (C=O) groups is 2. The maximum Gasteiger partial charge on any atom is 0.451 e. The molecule has 0 aliphatic carbocycles. The fraction of sp³-hybridized carbons (Fsp3) is 0.357. The molecule has 2 aromatic rings. The van der Waals surface area contributed by atoms with Crippen LogP contribution in [0.25, 0.3) is 0 Å². The van der Waals surface area contributed by atoms with Crippen LogP contribution in [0.5, 0.6) is 11.5 Å². The van der Waals surface area contributed by atoms with Crippen molar-refractivity contribution in [3.8, 4) is 11.5 Å². The molecular formula is C28H26Cl2F8N4O8. The van der Waals surface area contributed by atoms with Gasteiger partial charge in [0.15, 0.2) is 11.6 Å². The van der Waals surface area contributed by atoms with Gasteiger partial charge < -0.3 is 29.5 Å². The number of hydrogen-bond donors (Lipinski definition) is 3. The van der Waals surface area contributed by atoms with Crippen molar-refractivity contribution in [2.75, 3.05) is 6.61 Å². The smallest absolute Gasteiger partial charge is 0.451 e. The molecule has 3 N–H and O–H groups in total. The zero-order valence-corrected chi connectivity index (χ0v) is 27.6. The molecule has 0 atom stereocenters. The molecule has 0 radical (unpaired) electrons. The van der Waals surface area contributed by atoms with E-state index >= 15 is 0 Å². The fourth-order valence-corrected chi connectivity index (χ4v) is 3.32. The van der Waals surface area contributed by atoms with E-state index in [9.17, 15) is 44.7 Å². The van der Waals surface area contributed by atoms with Crippen molar-refractivity contribution in [1.82, 2.24) is 0 Å². The number of allylic oxidation sites excluding steroid dienone is 2. The normalized spacial score (nSPS) is 13.2. The summed E-state index contributed by atoms with van der Waals surface area (Å²) in [6.45, 7) is 7.70. The number of aliphatic hydroxyl groups excluding tert-OH is 2. The number of ether oxygens (including phenoxy) is 3. The van der Waals surface area contributed by atoms with Crippen LogP contribution in [-0.4, -0.2) is 58.4 Å². The Bertz CT molecular complexity index is 1680. The van der Waals surface area contributed by atoms with Gasteiger partial charge in [-0.15, -0.1) is 20.5 Å². The largest absolute Gasteiger partial charge is 0.502 e. The molecule has 0 saturated heterocycles. The number of alkyl halides is 6. The van der Waals surface area contributed by atoms with Crippen LogP contribution in [0, 0.1) is 11.6 Å². The molecule has 0 bridgehead atoms. The second-order valence-corrected chi connectivity index (χ2v) is 10.4. The zero-order chi connectivity index (χ0) is 38.7. The topological polar surface area (TPSA) is 172 Å². The van der Waals surface area contributed by atoms with Gasteiger partial charge in [0.2, 0.25) is 22.9 Å². The SMILES string of the molecule is CC(C)Oc1cc(N=NC(C(=O)O)=C(O)C(F)(F)F)c(F)cc1Cl.CCOC(=O)C(N=Nc1cc(OC(C)C)c(Cl)cc1F)=C(O)C(F)(F)F. The van der Waals surface area contributed by atoms with Gasteiger partial charge in [0.25, 0.3) is 0 Å². The number of carbonyl (C=O) groups excluding carboxylic acids is 1. The second kappa shape index (κ2) is 18.3. The van der Waals surface area contributed by atoms with Gasteiger partial charge in [-0.3, -0.25) is 0 Å². The van der Waals surface area contributed by atoms with Crippen molar-refractivity contribution in [3.63, 3.8) is 0 Å². The van der Waals surface area contributed by atoms with Crippen molar-refractivity contribution in [2.24, 2.45) is 20.5 Å². The van der Waals surface area contributed by atoms with Gasteiger partial charge in [-0.2, -0.15) is 26.3 Å². The van der Waals surface area contributed by atoms with E-state index in [0.717, 1.165) is 24.3 Å². The number of benzene rings is 2. The van der Waals surface area contributed by atoms with Crippen molar-refractivity contribution in [3.05, 3.63) is 68.9 Å². The summed E-state index contributed by atoms with van der Waals surface area (Å²) in [5.41, 5.74) is -4.48. The summed E-state index contributed by atoms with van der Waals surface area (Å²) < 4.78 is 117. The Morgan fingerprint density at radius 3 is 1.40 bits per heavy atom. The Morgan fingerprint density at radius 2 is 1.08 bits per heavy atom. The lowest BCUT2D eigenvalue weighted by molar-refractivity contribution is -0.143. The quantitative estimate of drug-likeness (QED) is 0.0666. The number of nitrogens with zero attached hydrogens (tertiary/aromatic N) is 4. The van der Waals surface area contributed by atoms with Crippen LogP contribution in [0.1, 0.15) is 34.6 Å². The monoisotopic (exact) mass is 768 g/mol. The minimum atomic E-state index is -5.35. The molecule has 0 aliphatic heterocycles. The van der Waals surface area contributed by atoms with Gasteiger partial charge in [0.05, 0.1) is 28.9 Å². The summed E-state index contributed by atoms with van der Waals surface area (Å²) in [6, 6.07) is 3.53. The summed E-state index contributed by atoms with van der Waals surface area (Å²) in [5, 5.41) is 38.6. The summed E-state index contributed by atoms with van der Waals surface area (Å²) in [7, 11) is 0. The van der Waals surface area contributed by atoms with Crippen LogP contribution in [0.4, 0.5) is 46.5 Å². The number of carboxylic acids is 1. The Kier molecular flexibility index (Phi) is 15.9. The van der Waals surface area contributed by atoms with Crippen LogP contribution >= 0.6 is 23.2 Å². The first-order valence-electron chi connectivity index (χ1n) is 13.5. The van der Waals surface area contributed by atoms with Gasteiger partial charge in [0.1, 0.15) is 22.9 Å². The standard InChI is InChI=1S/C15H15ClF4N2O4.C13H11ClF4N2O4/c1-4-25-14(24)12(13(23)15(18,19)20)22-21-10-6-11(26-7(2)3)8(16)5-9(10)17;1-5(2)24-9-4-8(7(15)3-6(9)14)19-20-10(12(22)23)11(21)13(16,17)18/h5-7,23H,4H2,1-3H3;3-5,21H,1-2H3,(H,22,23). The number of esters is 1. The van der Waals surface area contributed by atoms with Crippen LogP contribution in [0.2, 0.25) is 10.0 Å². The summed E-state index contributed by atoms with van der Waals surface area (Å²) in [5.74, 6) is -10.7. The third kappa shape index (κ3) is 13.3. The lowest BCUT2D eigenvalue weighted by Crippen LogP contribution is -2.18. The molecule has 22 heteroatoms. The minimum absolute atomic E-state index is 0.0127.